The Morgan fingerprint density at radius 2 is 2.04 bits per heavy atom. The van der Waals surface area contributed by atoms with E-state index in [-0.39, 0.29) is 5.91 Å². The maximum atomic E-state index is 13.0. The van der Waals surface area contributed by atoms with E-state index in [4.69, 9.17) is 4.74 Å². The molecule has 3 aliphatic rings. The van der Waals surface area contributed by atoms with Gasteiger partial charge in [0.15, 0.2) is 0 Å². The van der Waals surface area contributed by atoms with Crippen LogP contribution in [0, 0.1) is 0 Å². The Labute approximate surface area is 153 Å². The van der Waals surface area contributed by atoms with E-state index in [0.717, 1.165) is 36.5 Å². The standard InChI is InChI=1S/C21H23N3O2/c1-26-15-7-5-14(6-8-15)12-23-19-4-2-3-16-17-11-22-10-9-18(17)24(21(16)19)13-20(23)25/h2-8,17-18,22H,9-13H2,1H3/t17-,18-/m0/s1. The van der Waals surface area contributed by atoms with Gasteiger partial charge in [0.2, 0.25) is 5.91 Å². The van der Waals surface area contributed by atoms with Crippen LogP contribution >= 0.6 is 0 Å². The lowest BCUT2D eigenvalue weighted by Gasteiger charge is -2.39. The van der Waals surface area contributed by atoms with Crippen molar-refractivity contribution in [2.24, 2.45) is 0 Å². The number of methoxy groups -OCH3 is 1. The van der Waals surface area contributed by atoms with E-state index in [9.17, 15) is 4.79 Å². The van der Waals surface area contributed by atoms with Gasteiger partial charge < -0.3 is 19.9 Å². The van der Waals surface area contributed by atoms with Crippen LogP contribution < -0.4 is 19.9 Å². The fourth-order valence-corrected chi connectivity index (χ4v) is 4.73. The predicted octanol–water partition coefficient (Wildman–Crippen LogP) is 2.51. The number of fused-ring (bicyclic) bond motifs is 3. The van der Waals surface area contributed by atoms with E-state index < -0.39 is 0 Å². The van der Waals surface area contributed by atoms with Gasteiger partial charge >= 0.3 is 0 Å². The van der Waals surface area contributed by atoms with Crippen LogP contribution in [0.3, 0.4) is 0 Å². The number of anilines is 2. The molecule has 3 aliphatic heterocycles. The molecule has 0 saturated carbocycles. The minimum absolute atomic E-state index is 0.185. The summed E-state index contributed by atoms with van der Waals surface area (Å²) in [4.78, 5) is 17.3. The summed E-state index contributed by atoms with van der Waals surface area (Å²) in [5, 5.41) is 3.52. The molecular weight excluding hydrogens is 326 g/mol. The molecule has 1 saturated heterocycles. The summed E-state index contributed by atoms with van der Waals surface area (Å²) in [6.45, 7) is 3.12. The van der Waals surface area contributed by atoms with Gasteiger partial charge in [-0.25, -0.2) is 0 Å². The summed E-state index contributed by atoms with van der Waals surface area (Å²) in [7, 11) is 1.67. The quantitative estimate of drug-likeness (QED) is 0.925. The molecule has 1 fully saturated rings. The number of carbonyl (C=O) groups excluding carboxylic acids is 1. The SMILES string of the molecule is COc1ccc(CN2C(=O)CN3c4c(cccc42)[C@@H]2CNCC[C@@H]23)cc1. The third-order valence-corrected chi connectivity index (χ3v) is 5.98. The van der Waals surface area contributed by atoms with Crippen LogP contribution in [0.25, 0.3) is 0 Å². The summed E-state index contributed by atoms with van der Waals surface area (Å²) < 4.78 is 5.24. The van der Waals surface area contributed by atoms with Gasteiger partial charge in [0.05, 0.1) is 31.6 Å². The highest BCUT2D eigenvalue weighted by atomic mass is 16.5. The lowest BCUT2D eigenvalue weighted by atomic mass is 9.90. The van der Waals surface area contributed by atoms with Gasteiger partial charge in [-0.15, -0.1) is 0 Å². The maximum absolute atomic E-state index is 13.0. The zero-order valence-corrected chi connectivity index (χ0v) is 14.9. The predicted molar refractivity (Wildman–Crippen MR) is 102 cm³/mol. The van der Waals surface area contributed by atoms with Gasteiger partial charge in [0, 0.05) is 18.5 Å². The van der Waals surface area contributed by atoms with Crippen LogP contribution in [0.5, 0.6) is 5.75 Å². The minimum atomic E-state index is 0.185. The molecule has 2 aromatic carbocycles. The number of hydrogen-bond donors (Lipinski definition) is 1. The molecule has 0 aromatic heterocycles. The van der Waals surface area contributed by atoms with Gasteiger partial charge in [0.1, 0.15) is 5.75 Å². The van der Waals surface area contributed by atoms with Gasteiger partial charge in [-0.2, -0.15) is 0 Å². The normalized spacial score (nSPS) is 23.7. The van der Waals surface area contributed by atoms with Gasteiger partial charge in [-0.1, -0.05) is 24.3 Å². The number of hydrogen-bond acceptors (Lipinski definition) is 4. The zero-order chi connectivity index (χ0) is 17.7. The first-order valence-electron chi connectivity index (χ1n) is 9.30. The lowest BCUT2D eigenvalue weighted by Crippen LogP contribution is -2.50. The molecule has 26 heavy (non-hydrogen) atoms. The summed E-state index contributed by atoms with van der Waals surface area (Å²) in [6, 6.07) is 14.9. The highest BCUT2D eigenvalue weighted by Gasteiger charge is 2.45. The number of amides is 1. The van der Waals surface area contributed by atoms with Crippen LogP contribution in [0.2, 0.25) is 0 Å². The van der Waals surface area contributed by atoms with Gasteiger partial charge in [0.25, 0.3) is 0 Å². The fourth-order valence-electron chi connectivity index (χ4n) is 4.73. The molecule has 0 radical (unpaired) electrons. The molecular formula is C21H23N3O2. The van der Waals surface area contributed by atoms with Crippen molar-refractivity contribution < 1.29 is 9.53 Å². The molecule has 3 heterocycles. The summed E-state index contributed by atoms with van der Waals surface area (Å²) >= 11 is 0. The molecule has 0 bridgehead atoms. The molecule has 5 heteroatoms. The molecule has 0 spiro atoms. The van der Waals surface area contributed by atoms with E-state index in [0.29, 0.717) is 25.0 Å². The van der Waals surface area contributed by atoms with Crippen molar-refractivity contribution in [2.45, 2.75) is 24.9 Å². The number of para-hydroxylation sites is 1. The first kappa shape index (κ1) is 15.7. The van der Waals surface area contributed by atoms with Crippen molar-refractivity contribution in [2.75, 3.05) is 36.5 Å². The highest BCUT2D eigenvalue weighted by Crippen LogP contribution is 2.50. The summed E-state index contributed by atoms with van der Waals surface area (Å²) in [5.41, 5.74) is 4.84. The molecule has 0 aliphatic carbocycles. The molecule has 134 valence electrons. The summed E-state index contributed by atoms with van der Waals surface area (Å²) in [6.07, 6.45) is 1.10. The van der Waals surface area contributed by atoms with Crippen LogP contribution in [0.1, 0.15) is 23.5 Å². The largest absolute Gasteiger partial charge is 0.497 e. The Morgan fingerprint density at radius 1 is 1.19 bits per heavy atom. The van der Waals surface area contributed by atoms with Crippen molar-refractivity contribution in [1.29, 1.82) is 0 Å². The van der Waals surface area contributed by atoms with Crippen LogP contribution in [-0.2, 0) is 11.3 Å². The molecule has 2 atom stereocenters. The lowest BCUT2D eigenvalue weighted by molar-refractivity contribution is -0.117. The Balaban J connectivity index is 1.52. The minimum Gasteiger partial charge on any atom is -0.497 e. The molecule has 5 nitrogen and oxygen atoms in total. The van der Waals surface area contributed by atoms with Crippen LogP contribution in [0.15, 0.2) is 42.5 Å². The Morgan fingerprint density at radius 3 is 2.85 bits per heavy atom. The van der Waals surface area contributed by atoms with Crippen molar-refractivity contribution in [3.8, 4) is 5.75 Å². The molecule has 2 aromatic rings. The van der Waals surface area contributed by atoms with Crippen molar-refractivity contribution >= 4 is 17.3 Å². The third-order valence-electron chi connectivity index (χ3n) is 5.98. The van der Waals surface area contributed by atoms with E-state index >= 15 is 0 Å². The average Bonchev–Trinajstić information content (AvgIpc) is 3.01. The van der Waals surface area contributed by atoms with Crippen molar-refractivity contribution in [3.05, 3.63) is 53.6 Å². The van der Waals surface area contributed by atoms with Crippen molar-refractivity contribution in [3.63, 3.8) is 0 Å². The van der Waals surface area contributed by atoms with Crippen LogP contribution in [-0.4, -0.2) is 38.7 Å². The van der Waals surface area contributed by atoms with E-state index in [1.165, 1.54) is 11.3 Å². The number of carbonyl (C=O) groups is 1. The van der Waals surface area contributed by atoms with Crippen molar-refractivity contribution in [1.82, 2.24) is 5.32 Å². The first-order valence-corrected chi connectivity index (χ1v) is 9.30. The molecule has 5 rings (SSSR count). The van der Waals surface area contributed by atoms with Gasteiger partial charge in [-0.05, 0) is 42.3 Å². The number of nitrogens with one attached hydrogen (secondary N) is 1. The summed E-state index contributed by atoms with van der Waals surface area (Å²) in [5.74, 6) is 1.51. The average molecular weight is 349 g/mol. The van der Waals surface area contributed by atoms with E-state index in [2.05, 4.69) is 28.4 Å². The Hall–Kier alpha value is -2.53. The first-order chi connectivity index (χ1) is 12.8. The Bertz CT molecular complexity index is 849. The zero-order valence-electron chi connectivity index (χ0n) is 14.9. The second kappa shape index (κ2) is 6.02. The third kappa shape index (κ3) is 2.31. The topological polar surface area (TPSA) is 44.8 Å². The van der Waals surface area contributed by atoms with E-state index in [1.807, 2.05) is 29.2 Å². The molecule has 1 amide bonds. The van der Waals surface area contributed by atoms with E-state index in [1.54, 1.807) is 7.11 Å². The maximum Gasteiger partial charge on any atom is 0.246 e. The number of benzene rings is 2. The molecule has 1 N–H and O–H groups in total. The fraction of sp³-hybridized carbons (Fsp3) is 0.381. The smallest absolute Gasteiger partial charge is 0.246 e. The highest BCUT2D eigenvalue weighted by molar-refractivity contribution is 6.04. The van der Waals surface area contributed by atoms with Gasteiger partial charge in [-0.3, -0.25) is 4.79 Å². The number of ether oxygens (including phenoxy) is 1. The second-order valence-corrected chi connectivity index (χ2v) is 7.34. The monoisotopic (exact) mass is 349 g/mol. The number of piperidine rings is 1. The van der Waals surface area contributed by atoms with Crippen LogP contribution in [0.4, 0.5) is 11.4 Å². The second-order valence-electron chi connectivity index (χ2n) is 7.34. The number of nitrogens with zero attached hydrogens (tertiary/aromatic N) is 2. The number of rotatable bonds is 3. The molecule has 0 unspecified atom stereocenters. The Kier molecular flexibility index (Phi) is 3.64.